The number of aromatic nitrogens is 3. The maximum absolute atomic E-state index is 14.9. The Kier molecular flexibility index (Phi) is 8.57. The zero-order valence-electron chi connectivity index (χ0n) is 29.7. The number of aryl methyl sites for hydroxylation is 1. The summed E-state index contributed by atoms with van der Waals surface area (Å²) in [4.78, 5) is 30.7. The topological polar surface area (TPSA) is 116 Å². The summed E-state index contributed by atoms with van der Waals surface area (Å²) >= 11 is 0. The van der Waals surface area contributed by atoms with Crippen LogP contribution in [-0.2, 0) is 27.8 Å². The van der Waals surface area contributed by atoms with Gasteiger partial charge in [0.05, 0.1) is 43.0 Å². The van der Waals surface area contributed by atoms with E-state index in [1.165, 1.54) is 35.7 Å². The predicted molar refractivity (Wildman–Crippen MR) is 197 cm³/mol. The summed E-state index contributed by atoms with van der Waals surface area (Å²) in [6.45, 7) is 6.63. The molecule has 2 aromatic heterocycles. The van der Waals surface area contributed by atoms with Gasteiger partial charge in [0, 0.05) is 41.7 Å². The number of allylic oxidation sites excluding steroid dienone is 1. The van der Waals surface area contributed by atoms with Crippen LogP contribution in [0.1, 0.15) is 97.1 Å². The Hall–Kier alpha value is -4.42. The number of amides is 2. The van der Waals surface area contributed by atoms with E-state index in [0.29, 0.717) is 25.6 Å². The van der Waals surface area contributed by atoms with Crippen molar-refractivity contribution in [3.05, 3.63) is 70.9 Å². The van der Waals surface area contributed by atoms with E-state index in [9.17, 15) is 18.0 Å². The molecule has 4 aromatic rings. The molecular formula is C39H45N5O6S. The number of benzene rings is 2. The molecule has 2 amide bonds. The highest BCUT2D eigenvalue weighted by Gasteiger charge is 2.45. The van der Waals surface area contributed by atoms with E-state index >= 15 is 0 Å². The van der Waals surface area contributed by atoms with Gasteiger partial charge in [0.1, 0.15) is 11.3 Å². The third-order valence-corrected chi connectivity index (χ3v) is 13.2. The van der Waals surface area contributed by atoms with Crippen LogP contribution >= 0.6 is 0 Å². The third kappa shape index (κ3) is 5.49. The van der Waals surface area contributed by atoms with E-state index in [4.69, 9.17) is 9.47 Å². The quantitative estimate of drug-likeness (QED) is 0.202. The summed E-state index contributed by atoms with van der Waals surface area (Å²) in [5, 5.41) is 4.56. The van der Waals surface area contributed by atoms with Gasteiger partial charge in [0.25, 0.3) is 11.8 Å². The lowest BCUT2D eigenvalue weighted by Crippen LogP contribution is -2.45. The fourth-order valence-electron chi connectivity index (χ4n) is 8.54. The van der Waals surface area contributed by atoms with E-state index in [1.807, 2.05) is 25.1 Å². The van der Waals surface area contributed by atoms with Crippen LogP contribution in [0.3, 0.4) is 0 Å². The normalized spacial score (nSPS) is 20.1. The SMILES string of the molecule is CCn1ncc(C(=O)N2CC3CC2CO3)c1N(C(=O)c1ccc2c(C3CCCCC3)c3n(c2c1)CC=Cc1cc(OC)ccc1-3)S(=O)(=O)C(C)C. The van der Waals surface area contributed by atoms with Crippen molar-refractivity contribution in [3.8, 4) is 17.0 Å². The number of fused-ring (bicyclic) bond motifs is 7. The van der Waals surface area contributed by atoms with E-state index in [0.717, 1.165) is 57.0 Å². The van der Waals surface area contributed by atoms with Gasteiger partial charge in [-0.1, -0.05) is 37.5 Å². The van der Waals surface area contributed by atoms with Crippen molar-refractivity contribution < 1.29 is 27.5 Å². The number of carbonyl (C=O) groups excluding carboxylic acids is 2. The van der Waals surface area contributed by atoms with Gasteiger partial charge in [-0.05, 0) is 87.4 Å². The van der Waals surface area contributed by atoms with Crippen molar-refractivity contribution in [2.45, 2.75) is 95.7 Å². The molecule has 3 fully saturated rings. The minimum absolute atomic E-state index is 0.0207. The number of methoxy groups -OCH3 is 1. The number of ether oxygens (including phenoxy) is 2. The van der Waals surface area contributed by atoms with E-state index < -0.39 is 21.2 Å². The molecule has 12 heteroatoms. The maximum Gasteiger partial charge on any atom is 0.273 e. The highest BCUT2D eigenvalue weighted by Crippen LogP contribution is 2.46. The average Bonchev–Trinajstić information content (AvgIpc) is 3.92. The van der Waals surface area contributed by atoms with Crippen molar-refractivity contribution in [1.82, 2.24) is 19.2 Å². The lowest BCUT2D eigenvalue weighted by molar-refractivity contribution is 0.0259. The first kappa shape index (κ1) is 33.7. The van der Waals surface area contributed by atoms with Crippen molar-refractivity contribution in [2.24, 2.45) is 0 Å². The Labute approximate surface area is 298 Å². The van der Waals surface area contributed by atoms with Crippen molar-refractivity contribution in [1.29, 1.82) is 0 Å². The fourth-order valence-corrected chi connectivity index (χ4v) is 9.73. The Bertz CT molecular complexity index is 2180. The lowest BCUT2D eigenvalue weighted by Gasteiger charge is -2.29. The van der Waals surface area contributed by atoms with Gasteiger partial charge in [0.15, 0.2) is 5.82 Å². The molecule has 0 spiro atoms. The molecule has 2 saturated heterocycles. The maximum atomic E-state index is 14.9. The predicted octanol–water partition coefficient (Wildman–Crippen LogP) is 6.61. The molecule has 2 aromatic carbocycles. The molecule has 1 saturated carbocycles. The van der Waals surface area contributed by atoms with Crippen LogP contribution in [-0.4, -0.2) is 77.1 Å². The molecule has 11 nitrogen and oxygen atoms in total. The standard InChI is InChI=1S/C39H45N5O6S/c1-5-43-37(33(21-40-43)39(46)42-22-30-20-28(42)23-50-30)44(51(47,48)24(2)3)38(45)27-13-15-32-34(19-27)41-17-9-12-26-18-29(49-4)14-16-31(26)36(41)35(32)25-10-7-6-8-11-25/h9,12-16,18-19,21,24-25,28,30H,5-8,10-11,17,20,22-23H2,1-4H3. The van der Waals surface area contributed by atoms with Gasteiger partial charge in [-0.2, -0.15) is 9.40 Å². The summed E-state index contributed by atoms with van der Waals surface area (Å²) in [5.74, 6) is 0.0709. The second kappa shape index (κ2) is 13.0. The third-order valence-electron chi connectivity index (χ3n) is 11.2. The summed E-state index contributed by atoms with van der Waals surface area (Å²) in [6.07, 6.45) is 12.1. The number of carbonyl (C=O) groups is 2. The Balaban J connectivity index is 1.29. The molecule has 4 aliphatic rings. The second-order valence-corrected chi connectivity index (χ2v) is 16.8. The van der Waals surface area contributed by atoms with Crippen LogP contribution in [0.15, 0.2) is 48.7 Å². The molecule has 0 N–H and O–H groups in total. The number of likely N-dealkylation sites (tertiary alicyclic amines) is 1. The van der Waals surface area contributed by atoms with Gasteiger partial charge in [-0.3, -0.25) is 9.59 Å². The van der Waals surface area contributed by atoms with Gasteiger partial charge < -0.3 is 18.9 Å². The van der Waals surface area contributed by atoms with E-state index in [2.05, 4.69) is 34.0 Å². The number of sulfonamides is 1. The molecule has 0 radical (unpaired) electrons. The minimum Gasteiger partial charge on any atom is -0.497 e. The van der Waals surface area contributed by atoms with Crippen LogP contribution in [0, 0.1) is 0 Å². The zero-order valence-corrected chi connectivity index (χ0v) is 30.5. The molecule has 8 rings (SSSR count). The van der Waals surface area contributed by atoms with E-state index in [-0.39, 0.29) is 41.5 Å². The molecule has 5 heterocycles. The summed E-state index contributed by atoms with van der Waals surface area (Å²) < 4.78 is 44.4. The molecule has 2 unspecified atom stereocenters. The average molecular weight is 712 g/mol. The first-order valence-corrected chi connectivity index (χ1v) is 19.7. The molecule has 2 atom stereocenters. The summed E-state index contributed by atoms with van der Waals surface area (Å²) in [5.41, 5.74) is 5.79. The van der Waals surface area contributed by atoms with Gasteiger partial charge in [-0.15, -0.1) is 0 Å². The first-order valence-electron chi connectivity index (χ1n) is 18.2. The molecule has 2 bridgehead atoms. The smallest absolute Gasteiger partial charge is 0.273 e. The van der Waals surface area contributed by atoms with E-state index in [1.54, 1.807) is 31.9 Å². The summed E-state index contributed by atoms with van der Waals surface area (Å²) in [7, 11) is -2.60. The fraction of sp³-hybridized carbons (Fsp3) is 0.462. The van der Waals surface area contributed by atoms with Crippen LogP contribution in [0.25, 0.3) is 28.2 Å². The highest BCUT2D eigenvalue weighted by molar-refractivity contribution is 7.94. The highest BCUT2D eigenvalue weighted by atomic mass is 32.2. The van der Waals surface area contributed by atoms with Crippen molar-refractivity contribution in [2.75, 3.05) is 24.6 Å². The Morgan fingerprint density at radius 1 is 1.10 bits per heavy atom. The van der Waals surface area contributed by atoms with Gasteiger partial charge >= 0.3 is 0 Å². The number of morpholine rings is 1. The van der Waals surface area contributed by atoms with Gasteiger partial charge in [-0.25, -0.2) is 13.1 Å². The molecular weight excluding hydrogens is 667 g/mol. The number of hydrogen-bond acceptors (Lipinski definition) is 7. The number of nitrogens with zero attached hydrogens (tertiary/aromatic N) is 5. The number of anilines is 1. The van der Waals surface area contributed by atoms with Crippen molar-refractivity contribution in [3.63, 3.8) is 0 Å². The Morgan fingerprint density at radius 3 is 2.59 bits per heavy atom. The summed E-state index contributed by atoms with van der Waals surface area (Å²) in [6, 6.07) is 11.7. The van der Waals surface area contributed by atoms with Gasteiger partial charge in [0.2, 0.25) is 10.0 Å². The second-order valence-electron chi connectivity index (χ2n) is 14.5. The zero-order chi connectivity index (χ0) is 35.6. The largest absolute Gasteiger partial charge is 0.497 e. The molecule has 268 valence electrons. The minimum atomic E-state index is -4.27. The number of hydrogen-bond donors (Lipinski definition) is 0. The lowest BCUT2D eigenvalue weighted by atomic mass is 9.81. The van der Waals surface area contributed by atoms with Crippen molar-refractivity contribution >= 4 is 44.6 Å². The van der Waals surface area contributed by atoms with Crippen LogP contribution in [0.2, 0.25) is 0 Å². The monoisotopic (exact) mass is 711 g/mol. The Morgan fingerprint density at radius 2 is 1.90 bits per heavy atom. The van der Waals surface area contributed by atoms with Crippen LogP contribution in [0.4, 0.5) is 5.82 Å². The molecule has 51 heavy (non-hydrogen) atoms. The van der Waals surface area contributed by atoms with Crippen LogP contribution in [0.5, 0.6) is 5.75 Å². The van der Waals surface area contributed by atoms with Crippen LogP contribution < -0.4 is 9.04 Å². The number of rotatable bonds is 8. The molecule has 1 aliphatic carbocycles. The first-order chi connectivity index (χ1) is 24.6. The molecule has 3 aliphatic heterocycles.